The molecule has 2 aromatic rings. The Morgan fingerprint density at radius 1 is 1.39 bits per heavy atom. The lowest BCUT2D eigenvalue weighted by Crippen LogP contribution is -1.97. The van der Waals surface area contributed by atoms with Crippen LogP contribution in [0, 0.1) is 4.77 Å². The van der Waals surface area contributed by atoms with Gasteiger partial charge in [-0.1, -0.05) is 37.3 Å². The predicted octanol–water partition coefficient (Wildman–Crippen LogP) is 2.97. The number of benzene rings is 1. The summed E-state index contributed by atoms with van der Waals surface area (Å²) in [5.41, 5.74) is 1.32. The fourth-order valence-corrected chi connectivity index (χ4v) is 1.89. The Morgan fingerprint density at radius 3 is 2.89 bits per heavy atom. The molecule has 1 aromatic heterocycles. The third-order valence-corrected chi connectivity index (χ3v) is 2.90. The van der Waals surface area contributed by atoms with Crippen molar-refractivity contribution < 1.29 is 0 Å². The smallest absolute Gasteiger partial charge is 0.216 e. The summed E-state index contributed by atoms with van der Waals surface area (Å²) in [4.78, 5) is 0. The zero-order valence-electron chi connectivity index (χ0n) is 10.3. The van der Waals surface area contributed by atoms with E-state index in [4.69, 9.17) is 12.2 Å². The molecule has 94 valence electrons. The second-order valence-electron chi connectivity index (χ2n) is 3.93. The maximum absolute atomic E-state index is 5.11. The standard InChI is InChI=1S/C13H16N4S/c1-2-12-15-16-13(18)17(12)14-10-6-9-11-7-4-3-5-8-11/h3-5,7-8,10H,2,6,9H2,1H3,(H,16,18)/b14-10-. The first-order valence-corrected chi connectivity index (χ1v) is 6.45. The monoisotopic (exact) mass is 260 g/mol. The Morgan fingerprint density at radius 2 is 2.17 bits per heavy atom. The van der Waals surface area contributed by atoms with E-state index in [1.807, 2.05) is 31.3 Å². The average molecular weight is 260 g/mol. The quantitative estimate of drug-likeness (QED) is 0.663. The van der Waals surface area contributed by atoms with Crippen molar-refractivity contribution in [2.45, 2.75) is 26.2 Å². The van der Waals surface area contributed by atoms with Crippen molar-refractivity contribution in [3.8, 4) is 0 Å². The first-order valence-electron chi connectivity index (χ1n) is 6.04. The molecule has 0 saturated carbocycles. The lowest BCUT2D eigenvalue weighted by Gasteiger charge is -1.98. The number of nitrogens with one attached hydrogen (secondary N) is 1. The number of aryl methyl sites for hydroxylation is 2. The van der Waals surface area contributed by atoms with E-state index >= 15 is 0 Å². The van der Waals surface area contributed by atoms with Crippen molar-refractivity contribution in [1.82, 2.24) is 14.9 Å². The van der Waals surface area contributed by atoms with E-state index in [1.165, 1.54) is 5.56 Å². The van der Waals surface area contributed by atoms with Gasteiger partial charge in [0, 0.05) is 12.6 Å². The number of aromatic amines is 1. The Labute approximate surface area is 111 Å². The van der Waals surface area contributed by atoms with Crippen LogP contribution in [-0.2, 0) is 12.8 Å². The molecule has 0 aliphatic carbocycles. The number of rotatable bonds is 5. The molecule has 5 heteroatoms. The zero-order valence-corrected chi connectivity index (χ0v) is 11.2. The van der Waals surface area contributed by atoms with Gasteiger partial charge in [0.25, 0.3) is 0 Å². The summed E-state index contributed by atoms with van der Waals surface area (Å²) in [6.07, 6.45) is 4.57. The lowest BCUT2D eigenvalue weighted by atomic mass is 10.1. The molecule has 1 heterocycles. The molecule has 4 nitrogen and oxygen atoms in total. The number of nitrogens with zero attached hydrogens (tertiary/aromatic N) is 3. The normalized spacial score (nSPS) is 11.2. The van der Waals surface area contributed by atoms with Gasteiger partial charge in [-0.2, -0.15) is 14.9 Å². The molecule has 0 aliphatic rings. The number of hydrogen-bond acceptors (Lipinski definition) is 3. The SMILES string of the molecule is CCc1n[nH]c(=S)n1/N=C\CCc1ccccc1. The Hall–Kier alpha value is -1.75. The number of H-pyrrole nitrogens is 1. The molecule has 0 saturated heterocycles. The maximum Gasteiger partial charge on any atom is 0.216 e. The molecule has 0 bridgehead atoms. The summed E-state index contributed by atoms with van der Waals surface area (Å²) in [6, 6.07) is 10.4. The molecule has 2 rings (SSSR count). The van der Waals surface area contributed by atoms with E-state index in [2.05, 4.69) is 27.4 Å². The molecule has 0 radical (unpaired) electrons. The molecular weight excluding hydrogens is 244 g/mol. The topological polar surface area (TPSA) is 46.0 Å². The van der Waals surface area contributed by atoms with E-state index in [9.17, 15) is 0 Å². The van der Waals surface area contributed by atoms with Gasteiger partial charge in [-0.15, -0.1) is 0 Å². The van der Waals surface area contributed by atoms with Crippen molar-refractivity contribution in [3.63, 3.8) is 0 Å². The van der Waals surface area contributed by atoms with Gasteiger partial charge < -0.3 is 0 Å². The van der Waals surface area contributed by atoms with Crippen molar-refractivity contribution in [2.24, 2.45) is 5.10 Å². The summed E-state index contributed by atoms with van der Waals surface area (Å²) in [7, 11) is 0. The minimum absolute atomic E-state index is 0.544. The number of hydrogen-bond donors (Lipinski definition) is 1. The van der Waals surface area contributed by atoms with Gasteiger partial charge in [0.2, 0.25) is 4.77 Å². The van der Waals surface area contributed by atoms with E-state index in [0.717, 1.165) is 25.1 Å². The largest absolute Gasteiger partial charge is 0.250 e. The van der Waals surface area contributed by atoms with E-state index in [0.29, 0.717) is 4.77 Å². The van der Waals surface area contributed by atoms with Crippen molar-refractivity contribution in [1.29, 1.82) is 0 Å². The molecule has 1 aromatic carbocycles. The molecule has 0 spiro atoms. The fourth-order valence-electron chi connectivity index (χ4n) is 1.69. The van der Waals surface area contributed by atoms with Crippen LogP contribution in [0.5, 0.6) is 0 Å². The van der Waals surface area contributed by atoms with Crippen LogP contribution in [-0.4, -0.2) is 21.1 Å². The summed E-state index contributed by atoms with van der Waals surface area (Å²) >= 11 is 5.11. The first-order chi connectivity index (χ1) is 8.81. The Balaban J connectivity index is 1.96. The molecule has 0 aliphatic heterocycles. The maximum atomic E-state index is 5.11. The van der Waals surface area contributed by atoms with Crippen LogP contribution < -0.4 is 0 Å². The molecule has 0 fully saturated rings. The van der Waals surface area contributed by atoms with Gasteiger partial charge in [0.05, 0.1) is 0 Å². The molecule has 18 heavy (non-hydrogen) atoms. The van der Waals surface area contributed by atoms with Gasteiger partial charge in [0.1, 0.15) is 0 Å². The van der Waals surface area contributed by atoms with Gasteiger partial charge in [-0.3, -0.25) is 5.10 Å². The van der Waals surface area contributed by atoms with Gasteiger partial charge >= 0.3 is 0 Å². The summed E-state index contributed by atoms with van der Waals surface area (Å²) in [5, 5.41) is 11.2. The Kier molecular flexibility index (Phi) is 4.41. The summed E-state index contributed by atoms with van der Waals surface area (Å²) < 4.78 is 2.23. The molecule has 1 N–H and O–H groups in total. The first kappa shape index (κ1) is 12.7. The minimum atomic E-state index is 0.544. The van der Waals surface area contributed by atoms with Crippen LogP contribution >= 0.6 is 12.2 Å². The summed E-state index contributed by atoms with van der Waals surface area (Å²) in [5.74, 6) is 0.857. The highest BCUT2D eigenvalue weighted by molar-refractivity contribution is 7.71. The highest BCUT2D eigenvalue weighted by Gasteiger charge is 2.00. The van der Waals surface area contributed by atoms with Crippen LogP contribution in [0.2, 0.25) is 0 Å². The number of aromatic nitrogens is 3. The van der Waals surface area contributed by atoms with Crippen molar-refractivity contribution in [2.75, 3.05) is 0 Å². The van der Waals surface area contributed by atoms with E-state index in [1.54, 1.807) is 4.68 Å². The summed E-state index contributed by atoms with van der Waals surface area (Å²) in [6.45, 7) is 2.03. The molecule has 0 unspecified atom stereocenters. The van der Waals surface area contributed by atoms with Crippen LogP contribution in [0.15, 0.2) is 35.4 Å². The predicted molar refractivity (Wildman–Crippen MR) is 75.4 cm³/mol. The average Bonchev–Trinajstić information content (AvgIpc) is 2.77. The second-order valence-corrected chi connectivity index (χ2v) is 4.32. The Bertz CT molecular complexity index is 568. The molecule has 0 amide bonds. The van der Waals surface area contributed by atoms with Crippen molar-refractivity contribution in [3.05, 3.63) is 46.5 Å². The van der Waals surface area contributed by atoms with E-state index in [-0.39, 0.29) is 0 Å². The molecular formula is C13H16N4S. The van der Waals surface area contributed by atoms with E-state index < -0.39 is 0 Å². The fraction of sp³-hybridized carbons (Fsp3) is 0.308. The van der Waals surface area contributed by atoms with Crippen LogP contribution in [0.4, 0.5) is 0 Å². The highest BCUT2D eigenvalue weighted by Crippen LogP contribution is 2.02. The lowest BCUT2D eigenvalue weighted by molar-refractivity contribution is 0.775. The zero-order chi connectivity index (χ0) is 12.8. The second kappa shape index (κ2) is 6.26. The van der Waals surface area contributed by atoms with Gasteiger partial charge in [0.15, 0.2) is 5.82 Å². The van der Waals surface area contributed by atoms with Crippen LogP contribution in [0.3, 0.4) is 0 Å². The van der Waals surface area contributed by atoms with Crippen LogP contribution in [0.25, 0.3) is 0 Å². The van der Waals surface area contributed by atoms with Crippen molar-refractivity contribution >= 4 is 18.4 Å². The minimum Gasteiger partial charge on any atom is -0.250 e. The third-order valence-electron chi connectivity index (χ3n) is 2.64. The van der Waals surface area contributed by atoms with Gasteiger partial charge in [-0.05, 0) is 30.6 Å². The highest BCUT2D eigenvalue weighted by atomic mass is 32.1. The van der Waals surface area contributed by atoms with Gasteiger partial charge in [-0.25, -0.2) is 0 Å². The van der Waals surface area contributed by atoms with Crippen LogP contribution in [0.1, 0.15) is 24.7 Å². The third kappa shape index (κ3) is 3.13. The molecule has 0 atom stereocenters.